The Kier molecular flexibility index (Phi) is 10.3. The van der Waals surface area contributed by atoms with Crippen LogP contribution in [-0.2, 0) is 20.9 Å². The normalized spacial score (nSPS) is 13.5. The Morgan fingerprint density at radius 1 is 1.29 bits per heavy atom. The van der Waals surface area contributed by atoms with Crippen molar-refractivity contribution in [3.63, 3.8) is 0 Å². The Bertz CT molecular complexity index is 1070. The van der Waals surface area contributed by atoms with Gasteiger partial charge in [-0.2, -0.15) is 5.10 Å². The van der Waals surface area contributed by atoms with Gasteiger partial charge in [0.05, 0.1) is 29.5 Å². The summed E-state index contributed by atoms with van der Waals surface area (Å²) < 4.78 is 43.9. The minimum Gasteiger partial charge on any atom is -0.411 e. The molecule has 0 aliphatic carbocycles. The molecule has 0 aliphatic rings. The molecule has 1 amide bonds. The lowest BCUT2D eigenvalue weighted by atomic mass is 10.1. The molecule has 2 aromatic rings. The first-order valence-electron chi connectivity index (χ1n) is 11.2. The molecule has 1 aromatic heterocycles. The molecule has 0 fully saturated rings. The summed E-state index contributed by atoms with van der Waals surface area (Å²) in [6.07, 6.45) is -0.352. The third-order valence-electron chi connectivity index (χ3n) is 5.01. The van der Waals surface area contributed by atoms with Gasteiger partial charge in [0, 0.05) is 13.0 Å². The van der Waals surface area contributed by atoms with Gasteiger partial charge in [-0.1, -0.05) is 25.1 Å². The van der Waals surface area contributed by atoms with Gasteiger partial charge in [-0.25, -0.2) is 4.68 Å². The van der Waals surface area contributed by atoms with Gasteiger partial charge in [0.2, 0.25) is 5.91 Å². The van der Waals surface area contributed by atoms with Crippen molar-refractivity contribution in [2.75, 3.05) is 13.6 Å². The number of aromatic nitrogens is 2. The van der Waals surface area contributed by atoms with Crippen LogP contribution in [0.3, 0.4) is 0 Å². The minimum absolute atomic E-state index is 0.0856. The second kappa shape index (κ2) is 12.9. The van der Waals surface area contributed by atoms with Gasteiger partial charge in [-0.05, 0) is 62.7 Å². The van der Waals surface area contributed by atoms with Crippen LogP contribution >= 0.6 is 0 Å². The van der Waals surface area contributed by atoms with Crippen LogP contribution in [0.5, 0.6) is 0 Å². The molecule has 2 rings (SSSR count). The summed E-state index contributed by atoms with van der Waals surface area (Å²) in [7, 11) is 1.69. The molecule has 0 aliphatic heterocycles. The van der Waals surface area contributed by atoms with Crippen molar-refractivity contribution in [3.8, 4) is 5.69 Å². The summed E-state index contributed by atoms with van der Waals surface area (Å²) in [5, 5.41) is 10.3. The van der Waals surface area contributed by atoms with Crippen LogP contribution in [0.2, 0.25) is 0 Å². The second-order valence-corrected chi connectivity index (χ2v) is 8.02. The Morgan fingerprint density at radius 3 is 2.63 bits per heavy atom. The quantitative estimate of drug-likeness (QED) is 0.260. The molecule has 0 saturated heterocycles. The Balaban J connectivity index is 2.45. The molecular formula is C25H31F3N4O3. The second-order valence-electron chi connectivity index (χ2n) is 8.02. The van der Waals surface area contributed by atoms with Gasteiger partial charge >= 0.3 is 6.36 Å². The predicted molar refractivity (Wildman–Crippen MR) is 127 cm³/mol. The third-order valence-corrected chi connectivity index (χ3v) is 5.01. The van der Waals surface area contributed by atoms with E-state index in [1.807, 2.05) is 38.1 Å². The largest absolute Gasteiger partial charge is 0.572 e. The number of nitrogens with one attached hydrogen (secondary N) is 2. The molecule has 1 heterocycles. The molecule has 0 bridgehead atoms. The molecule has 2 N–H and O–H groups in total. The average Bonchev–Trinajstić information content (AvgIpc) is 3.20. The average molecular weight is 493 g/mol. The maximum atomic E-state index is 12.7. The van der Waals surface area contributed by atoms with Gasteiger partial charge in [0.15, 0.2) is 0 Å². The number of hydrogen-bond donors (Lipinski definition) is 2. The number of ether oxygens (including phenoxy) is 1. The Morgan fingerprint density at radius 2 is 2.03 bits per heavy atom. The molecule has 0 unspecified atom stereocenters. The predicted octanol–water partition coefficient (Wildman–Crippen LogP) is 4.46. The number of aryl methyl sites for hydroxylation is 1. The highest BCUT2D eigenvalue weighted by Crippen LogP contribution is 2.27. The van der Waals surface area contributed by atoms with Crippen molar-refractivity contribution in [3.05, 3.63) is 65.2 Å². The first-order chi connectivity index (χ1) is 16.6. The number of aldehydes is 1. The van der Waals surface area contributed by atoms with E-state index in [4.69, 9.17) is 0 Å². The topological polar surface area (TPSA) is 85.2 Å². The fraction of sp³-hybridized carbons (Fsp3) is 0.400. The smallest absolute Gasteiger partial charge is 0.411 e. The van der Waals surface area contributed by atoms with Crippen molar-refractivity contribution in [1.29, 1.82) is 0 Å². The molecule has 1 atom stereocenters. The van der Waals surface area contributed by atoms with Crippen LogP contribution in [0.4, 0.5) is 13.2 Å². The van der Waals surface area contributed by atoms with Crippen molar-refractivity contribution in [2.24, 2.45) is 5.92 Å². The molecule has 0 saturated carbocycles. The zero-order chi connectivity index (χ0) is 26.0. The summed E-state index contributed by atoms with van der Waals surface area (Å²) >= 11 is 0. The summed E-state index contributed by atoms with van der Waals surface area (Å²) in [6, 6.07) is 9.24. The van der Waals surface area contributed by atoms with Gasteiger partial charge in [0.1, 0.15) is 12.0 Å². The van der Waals surface area contributed by atoms with Crippen molar-refractivity contribution in [1.82, 2.24) is 20.4 Å². The first-order valence-corrected chi connectivity index (χ1v) is 11.2. The summed E-state index contributed by atoms with van der Waals surface area (Å²) in [5.41, 5.74) is 3.25. The molecule has 0 spiro atoms. The van der Waals surface area contributed by atoms with E-state index in [9.17, 15) is 22.8 Å². The SMILES string of the molecule is CC/C=C(\C=C(/C)OC(F)(F)F)c1cc(CNC(=O)[C@@H](CC=O)CNC)nn1-c1cccc(C)c1. The van der Waals surface area contributed by atoms with Crippen LogP contribution in [-0.4, -0.2) is 41.9 Å². The van der Waals surface area contributed by atoms with E-state index >= 15 is 0 Å². The zero-order valence-corrected chi connectivity index (χ0v) is 20.3. The molecule has 7 nitrogen and oxygen atoms in total. The van der Waals surface area contributed by atoms with Gasteiger partial charge in [-0.15, -0.1) is 13.2 Å². The van der Waals surface area contributed by atoms with Crippen LogP contribution in [0.1, 0.15) is 43.6 Å². The third kappa shape index (κ3) is 8.71. The van der Waals surface area contributed by atoms with E-state index in [1.54, 1.807) is 23.9 Å². The van der Waals surface area contributed by atoms with Crippen LogP contribution < -0.4 is 10.6 Å². The van der Waals surface area contributed by atoms with E-state index in [0.717, 1.165) is 11.3 Å². The number of allylic oxidation sites excluding steroid dienone is 4. The number of carbonyl (C=O) groups excluding carboxylic acids is 2. The fourth-order valence-electron chi connectivity index (χ4n) is 3.53. The lowest BCUT2D eigenvalue weighted by Crippen LogP contribution is -2.36. The summed E-state index contributed by atoms with van der Waals surface area (Å²) in [5.74, 6) is -1.12. The van der Waals surface area contributed by atoms with Crippen LogP contribution in [0.25, 0.3) is 11.3 Å². The molecule has 35 heavy (non-hydrogen) atoms. The van der Waals surface area contributed by atoms with E-state index in [2.05, 4.69) is 20.5 Å². The molecule has 10 heteroatoms. The molecule has 1 aromatic carbocycles. The van der Waals surface area contributed by atoms with Crippen molar-refractivity contribution in [2.45, 2.75) is 46.5 Å². The number of rotatable bonds is 12. The van der Waals surface area contributed by atoms with Crippen molar-refractivity contribution < 1.29 is 27.5 Å². The van der Waals surface area contributed by atoms with E-state index < -0.39 is 12.3 Å². The number of benzene rings is 1. The summed E-state index contributed by atoms with van der Waals surface area (Å²) in [6.45, 7) is 5.47. The standard InChI is InChI=1S/C25H31F3N4O3/c1-5-7-19(13-18(3)35-25(26,27)28)23-14-21(16-30-24(34)20(10-11-33)15-29-4)31-32(23)22-9-6-8-17(2)12-22/h6-9,11-14,20,29H,5,10,15-16H2,1-4H3,(H,30,34)/b18-13+,19-7+/t20-/m0/s1. The number of hydrogen-bond acceptors (Lipinski definition) is 5. The molecule has 0 radical (unpaired) electrons. The molecule has 190 valence electrons. The maximum Gasteiger partial charge on any atom is 0.572 e. The van der Waals surface area contributed by atoms with Gasteiger partial charge in [-0.3, -0.25) is 4.79 Å². The van der Waals surface area contributed by atoms with E-state index in [0.29, 0.717) is 36.2 Å². The number of halogens is 3. The highest BCUT2D eigenvalue weighted by atomic mass is 19.4. The number of alkyl halides is 3. The Labute approximate surface area is 203 Å². The lowest BCUT2D eigenvalue weighted by molar-refractivity contribution is -0.305. The van der Waals surface area contributed by atoms with E-state index in [-0.39, 0.29) is 24.6 Å². The first kappa shape index (κ1) is 27.8. The maximum absolute atomic E-state index is 12.7. The van der Waals surface area contributed by atoms with Gasteiger partial charge in [0.25, 0.3) is 0 Å². The van der Waals surface area contributed by atoms with E-state index in [1.165, 1.54) is 13.0 Å². The number of carbonyl (C=O) groups is 2. The van der Waals surface area contributed by atoms with Crippen LogP contribution in [0, 0.1) is 12.8 Å². The highest BCUT2D eigenvalue weighted by molar-refractivity contribution is 5.81. The number of amides is 1. The fourth-order valence-corrected chi connectivity index (χ4v) is 3.53. The minimum atomic E-state index is -4.80. The summed E-state index contributed by atoms with van der Waals surface area (Å²) in [4.78, 5) is 23.4. The zero-order valence-electron chi connectivity index (χ0n) is 20.3. The van der Waals surface area contributed by atoms with Crippen LogP contribution in [0.15, 0.2) is 48.2 Å². The number of nitrogens with zero attached hydrogens (tertiary/aromatic N) is 2. The monoisotopic (exact) mass is 492 g/mol. The van der Waals surface area contributed by atoms with Gasteiger partial charge < -0.3 is 20.2 Å². The Hall–Kier alpha value is -3.40. The molecular weight excluding hydrogens is 461 g/mol. The van der Waals surface area contributed by atoms with Crippen molar-refractivity contribution >= 4 is 17.8 Å². The highest BCUT2D eigenvalue weighted by Gasteiger charge is 2.31. The lowest BCUT2D eigenvalue weighted by Gasteiger charge is -2.13.